The van der Waals surface area contributed by atoms with Gasteiger partial charge in [0, 0.05) is 18.1 Å². The van der Waals surface area contributed by atoms with E-state index >= 15 is 0 Å². The summed E-state index contributed by atoms with van der Waals surface area (Å²) in [6.45, 7) is 9.39. The third kappa shape index (κ3) is 4.63. The fourth-order valence-corrected chi connectivity index (χ4v) is 3.01. The van der Waals surface area contributed by atoms with E-state index in [-0.39, 0.29) is 0 Å². The van der Waals surface area contributed by atoms with Crippen LogP contribution in [0.1, 0.15) is 39.2 Å². The number of nitrogens with zero attached hydrogens (tertiary/aromatic N) is 1. The summed E-state index contributed by atoms with van der Waals surface area (Å²) in [4.78, 5) is 2.58. The van der Waals surface area contributed by atoms with Gasteiger partial charge in [-0.05, 0) is 58.7 Å². The molecule has 0 aromatic heterocycles. The average Bonchev–Trinajstić information content (AvgIpc) is 2.40. The zero-order valence-corrected chi connectivity index (χ0v) is 12.6. The first-order valence-corrected chi connectivity index (χ1v) is 7.69. The van der Waals surface area contributed by atoms with Crippen molar-refractivity contribution in [2.75, 3.05) is 13.1 Å². The summed E-state index contributed by atoms with van der Waals surface area (Å²) in [5, 5.41) is 3.80. The van der Waals surface area contributed by atoms with E-state index in [2.05, 4.69) is 61.3 Å². The van der Waals surface area contributed by atoms with Gasteiger partial charge in [-0.1, -0.05) is 30.3 Å². The van der Waals surface area contributed by atoms with Crippen molar-refractivity contribution in [3.8, 4) is 0 Å². The Kier molecular flexibility index (Phi) is 5.41. The van der Waals surface area contributed by atoms with Crippen molar-refractivity contribution >= 4 is 0 Å². The van der Waals surface area contributed by atoms with E-state index in [0.717, 1.165) is 6.42 Å². The Morgan fingerprint density at radius 1 is 1.11 bits per heavy atom. The number of nitrogens with one attached hydrogen (secondary N) is 1. The Bertz CT molecular complexity index is 353. The molecule has 2 heteroatoms. The lowest BCUT2D eigenvalue weighted by Crippen LogP contribution is -2.47. The molecule has 0 saturated carbocycles. The molecule has 1 saturated heterocycles. The van der Waals surface area contributed by atoms with Crippen LogP contribution in [-0.4, -0.2) is 36.1 Å². The molecular weight excluding hydrogens is 232 g/mol. The van der Waals surface area contributed by atoms with Crippen LogP contribution >= 0.6 is 0 Å². The molecule has 0 spiro atoms. The van der Waals surface area contributed by atoms with Crippen LogP contribution in [0, 0.1) is 0 Å². The van der Waals surface area contributed by atoms with Crippen LogP contribution in [0.3, 0.4) is 0 Å². The third-order valence-corrected chi connectivity index (χ3v) is 4.16. The van der Waals surface area contributed by atoms with Crippen molar-refractivity contribution in [1.29, 1.82) is 0 Å². The first kappa shape index (κ1) is 14.5. The van der Waals surface area contributed by atoms with E-state index in [4.69, 9.17) is 0 Å². The Morgan fingerprint density at radius 3 is 2.32 bits per heavy atom. The van der Waals surface area contributed by atoms with E-state index in [1.54, 1.807) is 0 Å². The second-order valence-electron chi connectivity index (χ2n) is 6.16. The van der Waals surface area contributed by atoms with Gasteiger partial charge in [-0.2, -0.15) is 0 Å². The fraction of sp³-hybridized carbons (Fsp3) is 0.647. The summed E-state index contributed by atoms with van der Waals surface area (Å²) in [6, 6.07) is 12.8. The summed E-state index contributed by atoms with van der Waals surface area (Å²) in [5.74, 6) is 0. The van der Waals surface area contributed by atoms with Gasteiger partial charge < -0.3 is 10.2 Å². The van der Waals surface area contributed by atoms with Gasteiger partial charge >= 0.3 is 0 Å². The van der Waals surface area contributed by atoms with Crippen LogP contribution < -0.4 is 5.32 Å². The van der Waals surface area contributed by atoms with Crippen LogP contribution in [0.2, 0.25) is 0 Å². The van der Waals surface area contributed by atoms with Crippen LogP contribution in [0.4, 0.5) is 0 Å². The molecule has 1 atom stereocenters. The van der Waals surface area contributed by atoms with Gasteiger partial charge in [0.1, 0.15) is 0 Å². The van der Waals surface area contributed by atoms with Crippen LogP contribution in [-0.2, 0) is 6.42 Å². The monoisotopic (exact) mass is 260 g/mol. The summed E-state index contributed by atoms with van der Waals surface area (Å²) in [6.07, 6.45) is 3.71. The molecule has 2 rings (SSSR count). The number of piperidine rings is 1. The van der Waals surface area contributed by atoms with Crippen LogP contribution in [0.5, 0.6) is 0 Å². The maximum atomic E-state index is 3.80. The van der Waals surface area contributed by atoms with Gasteiger partial charge in [0.25, 0.3) is 0 Å². The molecule has 0 radical (unpaired) electrons. The predicted molar refractivity (Wildman–Crippen MR) is 82.5 cm³/mol. The van der Waals surface area contributed by atoms with Gasteiger partial charge in [-0.25, -0.2) is 0 Å². The normalized spacial score (nSPS) is 19.8. The number of hydrogen-bond acceptors (Lipinski definition) is 2. The molecule has 1 aromatic carbocycles. The quantitative estimate of drug-likeness (QED) is 0.875. The molecule has 1 aliphatic heterocycles. The minimum Gasteiger partial charge on any atom is -0.311 e. The van der Waals surface area contributed by atoms with Gasteiger partial charge in [0.05, 0.1) is 0 Å². The SMILES string of the molecule is CC(Cc1ccccc1)NC1CCN(C(C)C)CC1. The molecule has 1 fully saturated rings. The molecule has 1 unspecified atom stereocenters. The topological polar surface area (TPSA) is 15.3 Å². The Balaban J connectivity index is 1.73. The molecule has 1 aliphatic rings. The minimum absolute atomic E-state index is 0.568. The zero-order valence-electron chi connectivity index (χ0n) is 12.6. The number of benzene rings is 1. The zero-order chi connectivity index (χ0) is 13.7. The predicted octanol–water partition coefficient (Wildman–Crippen LogP) is 3.08. The molecule has 1 N–H and O–H groups in total. The molecular formula is C17H28N2. The van der Waals surface area contributed by atoms with Crippen molar-refractivity contribution in [3.63, 3.8) is 0 Å². The second kappa shape index (κ2) is 7.06. The number of hydrogen-bond donors (Lipinski definition) is 1. The van der Waals surface area contributed by atoms with Crippen molar-refractivity contribution in [2.24, 2.45) is 0 Å². The lowest BCUT2D eigenvalue weighted by Gasteiger charge is -2.36. The largest absolute Gasteiger partial charge is 0.311 e. The number of likely N-dealkylation sites (tertiary alicyclic amines) is 1. The van der Waals surface area contributed by atoms with Crippen molar-refractivity contribution in [2.45, 2.75) is 58.2 Å². The first-order valence-electron chi connectivity index (χ1n) is 7.69. The van der Waals surface area contributed by atoms with Gasteiger partial charge in [-0.3, -0.25) is 0 Å². The highest BCUT2D eigenvalue weighted by molar-refractivity contribution is 5.15. The molecule has 106 valence electrons. The maximum absolute atomic E-state index is 3.80. The van der Waals surface area contributed by atoms with E-state index in [9.17, 15) is 0 Å². The fourth-order valence-electron chi connectivity index (χ4n) is 3.01. The van der Waals surface area contributed by atoms with E-state index in [1.807, 2.05) is 0 Å². The van der Waals surface area contributed by atoms with Gasteiger partial charge in [0.15, 0.2) is 0 Å². The smallest absolute Gasteiger partial charge is 0.00940 e. The molecule has 1 aromatic rings. The number of rotatable bonds is 5. The standard InChI is InChI=1S/C17H28N2/c1-14(2)19-11-9-17(10-12-19)18-15(3)13-16-7-5-4-6-8-16/h4-8,14-15,17-18H,9-13H2,1-3H3. The highest BCUT2D eigenvalue weighted by atomic mass is 15.2. The highest BCUT2D eigenvalue weighted by Gasteiger charge is 2.21. The Labute approximate surface area is 118 Å². The first-order chi connectivity index (χ1) is 9.15. The third-order valence-electron chi connectivity index (χ3n) is 4.16. The van der Waals surface area contributed by atoms with E-state index in [0.29, 0.717) is 18.1 Å². The van der Waals surface area contributed by atoms with Gasteiger partial charge in [0.2, 0.25) is 0 Å². The Morgan fingerprint density at radius 2 is 1.74 bits per heavy atom. The van der Waals surface area contributed by atoms with Crippen molar-refractivity contribution in [3.05, 3.63) is 35.9 Å². The van der Waals surface area contributed by atoms with Crippen molar-refractivity contribution in [1.82, 2.24) is 10.2 Å². The molecule has 0 bridgehead atoms. The van der Waals surface area contributed by atoms with Crippen LogP contribution in [0.15, 0.2) is 30.3 Å². The second-order valence-corrected chi connectivity index (χ2v) is 6.16. The molecule has 2 nitrogen and oxygen atoms in total. The summed E-state index contributed by atoms with van der Waals surface area (Å²) in [5.41, 5.74) is 1.43. The lowest BCUT2D eigenvalue weighted by atomic mass is 10.0. The summed E-state index contributed by atoms with van der Waals surface area (Å²) in [7, 11) is 0. The molecule has 0 aliphatic carbocycles. The molecule has 19 heavy (non-hydrogen) atoms. The van der Waals surface area contributed by atoms with Gasteiger partial charge in [-0.15, -0.1) is 0 Å². The van der Waals surface area contributed by atoms with Crippen LogP contribution in [0.25, 0.3) is 0 Å². The summed E-state index contributed by atoms with van der Waals surface area (Å²) < 4.78 is 0. The lowest BCUT2D eigenvalue weighted by molar-refractivity contribution is 0.157. The highest BCUT2D eigenvalue weighted by Crippen LogP contribution is 2.14. The average molecular weight is 260 g/mol. The molecule has 1 heterocycles. The van der Waals surface area contributed by atoms with E-state index < -0.39 is 0 Å². The van der Waals surface area contributed by atoms with E-state index in [1.165, 1.54) is 31.5 Å². The van der Waals surface area contributed by atoms with Crippen molar-refractivity contribution < 1.29 is 0 Å². The Hall–Kier alpha value is -0.860. The maximum Gasteiger partial charge on any atom is 0.00940 e. The molecule has 0 amide bonds. The summed E-state index contributed by atoms with van der Waals surface area (Å²) >= 11 is 0. The minimum atomic E-state index is 0.568.